The Kier molecular flexibility index (Phi) is 4.54. The Balaban J connectivity index is 2.02. The molecule has 0 fully saturated rings. The first-order valence-corrected chi connectivity index (χ1v) is 7.51. The van der Waals surface area contributed by atoms with Crippen LogP contribution in [0.2, 0.25) is 0 Å². The molecular formula is C14H20N4OS. The highest BCUT2D eigenvalue weighted by molar-refractivity contribution is 7.13. The van der Waals surface area contributed by atoms with Crippen LogP contribution in [-0.2, 0) is 6.54 Å². The first-order valence-electron chi connectivity index (χ1n) is 6.69. The van der Waals surface area contributed by atoms with Crippen LogP contribution in [0.1, 0.15) is 40.1 Å². The van der Waals surface area contributed by atoms with Gasteiger partial charge in [-0.1, -0.05) is 13.8 Å². The van der Waals surface area contributed by atoms with Crippen LogP contribution in [0, 0.1) is 6.92 Å². The summed E-state index contributed by atoms with van der Waals surface area (Å²) in [4.78, 5) is 19.4. The lowest BCUT2D eigenvalue weighted by Crippen LogP contribution is -2.30. The van der Waals surface area contributed by atoms with Gasteiger partial charge in [0.1, 0.15) is 4.88 Å². The zero-order valence-electron chi connectivity index (χ0n) is 12.3. The smallest absolute Gasteiger partial charge is 0.265 e. The molecule has 0 radical (unpaired) electrons. The Morgan fingerprint density at radius 2 is 2.25 bits per heavy atom. The third-order valence-corrected chi connectivity index (χ3v) is 4.52. The molecule has 0 saturated carbocycles. The number of hydrogen-bond donors (Lipinski definition) is 0. The predicted octanol–water partition coefficient (Wildman–Crippen LogP) is 2.54. The maximum Gasteiger partial charge on any atom is 0.265 e. The fourth-order valence-corrected chi connectivity index (χ4v) is 2.89. The molecule has 0 N–H and O–H groups in total. The molecule has 0 unspecified atom stereocenters. The number of aromatic nitrogens is 3. The van der Waals surface area contributed by atoms with E-state index in [1.54, 1.807) is 11.1 Å². The van der Waals surface area contributed by atoms with Crippen LogP contribution in [0.15, 0.2) is 18.5 Å². The second-order valence-electron chi connectivity index (χ2n) is 5.12. The molecule has 0 spiro atoms. The molecule has 0 aliphatic carbocycles. The Morgan fingerprint density at radius 3 is 2.80 bits per heavy atom. The van der Waals surface area contributed by atoms with Gasteiger partial charge in [0.05, 0.1) is 17.2 Å². The average Bonchev–Trinajstić information content (AvgIpc) is 3.04. The highest BCUT2D eigenvalue weighted by atomic mass is 32.1. The minimum absolute atomic E-state index is 0.0408. The molecule has 2 heterocycles. The monoisotopic (exact) mass is 292 g/mol. The summed E-state index contributed by atoms with van der Waals surface area (Å²) >= 11 is 1.50. The lowest BCUT2D eigenvalue weighted by Gasteiger charge is -2.16. The lowest BCUT2D eigenvalue weighted by molar-refractivity contribution is 0.0793. The molecule has 0 aliphatic rings. The van der Waals surface area contributed by atoms with E-state index in [1.807, 2.05) is 30.9 Å². The Hall–Kier alpha value is -1.69. The number of likely N-dealkylation sites (N-methyl/N-ethyl adjacent to an activating group) is 1. The van der Waals surface area contributed by atoms with Crippen molar-refractivity contribution in [1.82, 2.24) is 19.7 Å². The van der Waals surface area contributed by atoms with Crippen molar-refractivity contribution in [2.45, 2.75) is 33.2 Å². The zero-order chi connectivity index (χ0) is 14.7. The van der Waals surface area contributed by atoms with Gasteiger partial charge in [-0.05, 0) is 13.0 Å². The lowest BCUT2D eigenvalue weighted by atomic mass is 10.2. The molecule has 1 amide bonds. The quantitative estimate of drug-likeness (QED) is 0.851. The second kappa shape index (κ2) is 6.17. The van der Waals surface area contributed by atoms with Crippen molar-refractivity contribution < 1.29 is 4.79 Å². The van der Waals surface area contributed by atoms with Crippen molar-refractivity contribution in [1.29, 1.82) is 0 Å². The number of carbonyl (C=O) groups is 1. The van der Waals surface area contributed by atoms with Gasteiger partial charge in [-0.15, -0.1) is 11.3 Å². The Labute approximate surface area is 123 Å². The standard InChI is InChI=1S/C14H20N4OS/c1-10(2)13-16-11(3)12(20-13)14(19)17(4)8-9-18-7-5-6-15-18/h5-7,10H,8-9H2,1-4H3. The first-order chi connectivity index (χ1) is 9.49. The number of carbonyl (C=O) groups excluding carboxylic acids is 1. The van der Waals surface area contributed by atoms with Gasteiger partial charge in [0.15, 0.2) is 0 Å². The van der Waals surface area contributed by atoms with E-state index in [0.29, 0.717) is 19.0 Å². The largest absolute Gasteiger partial charge is 0.339 e. The Bertz CT molecular complexity index is 574. The summed E-state index contributed by atoms with van der Waals surface area (Å²) in [5.74, 6) is 0.397. The topological polar surface area (TPSA) is 51.0 Å². The minimum atomic E-state index is 0.0408. The van der Waals surface area contributed by atoms with Crippen LogP contribution in [0.5, 0.6) is 0 Å². The Morgan fingerprint density at radius 1 is 1.50 bits per heavy atom. The molecule has 20 heavy (non-hydrogen) atoms. The molecule has 0 bridgehead atoms. The molecule has 0 aromatic carbocycles. The van der Waals surface area contributed by atoms with Crippen LogP contribution < -0.4 is 0 Å². The van der Waals surface area contributed by atoms with Crippen LogP contribution in [0.3, 0.4) is 0 Å². The van der Waals surface area contributed by atoms with Crippen LogP contribution in [0.25, 0.3) is 0 Å². The summed E-state index contributed by atoms with van der Waals surface area (Å²) in [6.07, 6.45) is 3.64. The van der Waals surface area contributed by atoms with Crippen molar-refractivity contribution in [3.8, 4) is 0 Å². The molecule has 0 saturated heterocycles. The van der Waals surface area contributed by atoms with Crippen molar-refractivity contribution in [3.63, 3.8) is 0 Å². The highest BCUT2D eigenvalue weighted by Gasteiger charge is 2.19. The number of thiazole rings is 1. The van der Waals surface area contributed by atoms with E-state index < -0.39 is 0 Å². The molecular weight excluding hydrogens is 272 g/mol. The third-order valence-electron chi connectivity index (χ3n) is 3.07. The van der Waals surface area contributed by atoms with Gasteiger partial charge in [0.25, 0.3) is 5.91 Å². The second-order valence-corrected chi connectivity index (χ2v) is 6.15. The van der Waals surface area contributed by atoms with E-state index in [4.69, 9.17) is 0 Å². The van der Waals surface area contributed by atoms with Crippen LogP contribution in [-0.4, -0.2) is 39.2 Å². The molecule has 108 valence electrons. The summed E-state index contributed by atoms with van der Waals surface area (Å²) in [7, 11) is 1.82. The van der Waals surface area contributed by atoms with E-state index in [0.717, 1.165) is 15.6 Å². The SMILES string of the molecule is Cc1nc(C(C)C)sc1C(=O)N(C)CCn1cccn1. The number of aryl methyl sites for hydroxylation is 1. The van der Waals surface area contributed by atoms with Crippen LogP contribution >= 0.6 is 11.3 Å². The van der Waals surface area contributed by atoms with Gasteiger partial charge in [-0.2, -0.15) is 5.10 Å². The fourth-order valence-electron chi connectivity index (χ4n) is 1.82. The number of hydrogen-bond acceptors (Lipinski definition) is 4. The molecule has 0 atom stereocenters. The maximum atomic E-state index is 12.4. The normalized spacial score (nSPS) is 11.1. The maximum absolute atomic E-state index is 12.4. The van der Waals surface area contributed by atoms with Crippen molar-refractivity contribution >= 4 is 17.2 Å². The zero-order valence-corrected chi connectivity index (χ0v) is 13.1. The highest BCUT2D eigenvalue weighted by Crippen LogP contribution is 2.25. The summed E-state index contributed by atoms with van der Waals surface area (Å²) < 4.78 is 1.82. The van der Waals surface area contributed by atoms with Crippen molar-refractivity contribution in [3.05, 3.63) is 34.0 Å². The molecule has 2 aromatic heterocycles. The summed E-state index contributed by atoms with van der Waals surface area (Å²) in [5, 5.41) is 5.15. The van der Waals surface area contributed by atoms with Gasteiger partial charge in [-0.25, -0.2) is 4.98 Å². The minimum Gasteiger partial charge on any atom is -0.339 e. The van der Waals surface area contributed by atoms with Crippen LogP contribution in [0.4, 0.5) is 0 Å². The average molecular weight is 292 g/mol. The molecule has 0 aliphatic heterocycles. The number of rotatable bonds is 5. The van der Waals surface area contributed by atoms with E-state index >= 15 is 0 Å². The summed E-state index contributed by atoms with van der Waals surface area (Å²) in [6, 6.07) is 1.88. The third kappa shape index (κ3) is 3.25. The van der Waals surface area contributed by atoms with Crippen molar-refractivity contribution in [2.24, 2.45) is 0 Å². The molecule has 2 rings (SSSR count). The van der Waals surface area contributed by atoms with Gasteiger partial charge in [0.2, 0.25) is 0 Å². The van der Waals surface area contributed by atoms with Crippen molar-refractivity contribution in [2.75, 3.05) is 13.6 Å². The predicted molar refractivity (Wildman–Crippen MR) is 80.1 cm³/mol. The molecule has 2 aromatic rings. The van der Waals surface area contributed by atoms with Gasteiger partial charge in [0, 0.05) is 31.9 Å². The molecule has 5 nitrogen and oxygen atoms in total. The molecule has 6 heteroatoms. The van der Waals surface area contributed by atoms with Gasteiger partial charge < -0.3 is 4.90 Å². The van der Waals surface area contributed by atoms with E-state index in [9.17, 15) is 4.79 Å². The summed E-state index contributed by atoms with van der Waals surface area (Å²) in [5.41, 5.74) is 0.828. The van der Waals surface area contributed by atoms with E-state index in [1.165, 1.54) is 11.3 Å². The number of amides is 1. The fraction of sp³-hybridized carbons (Fsp3) is 0.500. The number of nitrogens with zero attached hydrogens (tertiary/aromatic N) is 4. The first kappa shape index (κ1) is 14.7. The van der Waals surface area contributed by atoms with E-state index in [-0.39, 0.29) is 5.91 Å². The van der Waals surface area contributed by atoms with E-state index in [2.05, 4.69) is 23.9 Å². The van der Waals surface area contributed by atoms with Gasteiger partial charge in [-0.3, -0.25) is 9.48 Å². The summed E-state index contributed by atoms with van der Waals surface area (Å²) in [6.45, 7) is 7.41. The van der Waals surface area contributed by atoms with Gasteiger partial charge >= 0.3 is 0 Å².